The fraction of sp³-hybridized carbons (Fsp3) is 0.375. The lowest BCUT2D eigenvalue weighted by Gasteiger charge is -2.17. The van der Waals surface area contributed by atoms with Crippen molar-refractivity contribution in [2.24, 2.45) is 4.99 Å². The zero-order chi connectivity index (χ0) is 15.1. The van der Waals surface area contributed by atoms with Gasteiger partial charge in [0.1, 0.15) is 0 Å². The van der Waals surface area contributed by atoms with Crippen molar-refractivity contribution in [3.8, 4) is 0 Å². The molecule has 112 valence electrons. The lowest BCUT2D eigenvalue weighted by atomic mass is 10.1. The monoisotopic (exact) mass is 286 g/mol. The topological polar surface area (TPSA) is 58.5 Å². The van der Waals surface area contributed by atoms with Crippen LogP contribution in [-0.4, -0.2) is 37.7 Å². The van der Waals surface area contributed by atoms with E-state index in [1.165, 1.54) is 5.39 Å². The Morgan fingerprint density at radius 3 is 2.90 bits per heavy atom. The van der Waals surface area contributed by atoms with Crippen LogP contribution >= 0.6 is 0 Å². The van der Waals surface area contributed by atoms with Crippen LogP contribution in [0.15, 0.2) is 41.5 Å². The lowest BCUT2D eigenvalue weighted by molar-refractivity contribution is 0.179. The first-order valence-electron chi connectivity index (χ1n) is 7.03. The molecule has 0 aliphatic heterocycles. The summed E-state index contributed by atoms with van der Waals surface area (Å²) in [7, 11) is 3.44. The Bertz CT molecular complexity index is 607. The van der Waals surface area contributed by atoms with Crippen molar-refractivity contribution in [2.75, 3.05) is 20.8 Å². The SMILES string of the molecule is CN=C(NCc1nccc2ccccc12)NC(C)COC. The molecule has 5 nitrogen and oxygen atoms in total. The summed E-state index contributed by atoms with van der Waals surface area (Å²) in [4.78, 5) is 8.68. The predicted octanol–water partition coefficient (Wildman–Crippen LogP) is 1.93. The number of nitrogens with one attached hydrogen (secondary N) is 2. The number of hydrogen-bond acceptors (Lipinski definition) is 3. The highest BCUT2D eigenvalue weighted by molar-refractivity contribution is 5.85. The summed E-state index contributed by atoms with van der Waals surface area (Å²) in [5.74, 6) is 0.745. The Morgan fingerprint density at radius 1 is 1.33 bits per heavy atom. The van der Waals surface area contributed by atoms with Gasteiger partial charge in [-0.05, 0) is 18.4 Å². The average Bonchev–Trinajstić information content (AvgIpc) is 2.51. The molecule has 21 heavy (non-hydrogen) atoms. The standard InChI is InChI=1S/C16H22N4O/c1-12(11-21-3)20-16(17-2)19-10-15-14-7-5-4-6-13(14)8-9-18-15/h4-9,12H,10-11H2,1-3H3,(H2,17,19,20). The quantitative estimate of drug-likeness (QED) is 0.651. The molecule has 1 heterocycles. The van der Waals surface area contributed by atoms with Gasteiger partial charge in [-0.2, -0.15) is 0 Å². The second kappa shape index (κ2) is 7.59. The number of hydrogen-bond donors (Lipinski definition) is 2. The molecule has 0 amide bonds. The van der Waals surface area contributed by atoms with Gasteiger partial charge in [0.05, 0.1) is 18.8 Å². The van der Waals surface area contributed by atoms with Crippen molar-refractivity contribution in [1.82, 2.24) is 15.6 Å². The largest absolute Gasteiger partial charge is 0.383 e. The van der Waals surface area contributed by atoms with Crippen molar-refractivity contribution in [3.63, 3.8) is 0 Å². The number of rotatable bonds is 5. The molecule has 0 aliphatic rings. The van der Waals surface area contributed by atoms with Crippen molar-refractivity contribution in [2.45, 2.75) is 19.5 Å². The van der Waals surface area contributed by atoms with Crippen molar-refractivity contribution in [1.29, 1.82) is 0 Å². The Balaban J connectivity index is 2.03. The minimum Gasteiger partial charge on any atom is -0.383 e. The number of nitrogens with zero attached hydrogens (tertiary/aromatic N) is 2. The minimum atomic E-state index is 0.196. The number of methoxy groups -OCH3 is 1. The molecule has 5 heteroatoms. The predicted molar refractivity (Wildman–Crippen MR) is 86.4 cm³/mol. The van der Waals surface area contributed by atoms with Gasteiger partial charge in [-0.3, -0.25) is 9.98 Å². The normalized spacial score (nSPS) is 13.2. The van der Waals surface area contributed by atoms with E-state index in [2.05, 4.69) is 32.7 Å². The third-order valence-corrected chi connectivity index (χ3v) is 3.20. The van der Waals surface area contributed by atoms with E-state index in [1.807, 2.05) is 31.3 Å². The first-order valence-corrected chi connectivity index (χ1v) is 7.03. The maximum Gasteiger partial charge on any atom is 0.191 e. The van der Waals surface area contributed by atoms with Crippen LogP contribution in [0.3, 0.4) is 0 Å². The molecule has 0 spiro atoms. The van der Waals surface area contributed by atoms with Crippen LogP contribution in [0.4, 0.5) is 0 Å². The first kappa shape index (κ1) is 15.3. The van der Waals surface area contributed by atoms with E-state index < -0.39 is 0 Å². The van der Waals surface area contributed by atoms with E-state index in [-0.39, 0.29) is 6.04 Å². The van der Waals surface area contributed by atoms with Crippen molar-refractivity contribution < 1.29 is 4.74 Å². The van der Waals surface area contributed by atoms with Crippen LogP contribution < -0.4 is 10.6 Å². The molecular formula is C16H22N4O. The summed E-state index contributed by atoms with van der Waals surface area (Å²) >= 11 is 0. The molecule has 0 bridgehead atoms. The van der Waals surface area contributed by atoms with Crippen LogP contribution in [0.1, 0.15) is 12.6 Å². The average molecular weight is 286 g/mol. The zero-order valence-electron chi connectivity index (χ0n) is 12.8. The fourth-order valence-corrected chi connectivity index (χ4v) is 2.21. The first-order chi connectivity index (χ1) is 10.2. The molecule has 0 radical (unpaired) electrons. The Hall–Kier alpha value is -2.14. The number of pyridine rings is 1. The van der Waals surface area contributed by atoms with Crippen molar-refractivity contribution >= 4 is 16.7 Å². The number of aliphatic imine (C=N–C) groups is 1. The second-order valence-corrected chi connectivity index (χ2v) is 4.91. The van der Waals surface area contributed by atoms with E-state index in [9.17, 15) is 0 Å². The maximum atomic E-state index is 5.11. The van der Waals surface area contributed by atoms with Crippen LogP contribution in [0.5, 0.6) is 0 Å². The van der Waals surface area contributed by atoms with Crippen LogP contribution in [0.2, 0.25) is 0 Å². The van der Waals surface area contributed by atoms with Gasteiger partial charge in [-0.25, -0.2) is 0 Å². The van der Waals surface area contributed by atoms with E-state index in [0.29, 0.717) is 13.2 Å². The van der Waals surface area contributed by atoms with Gasteiger partial charge < -0.3 is 15.4 Å². The maximum absolute atomic E-state index is 5.11. The molecule has 1 aromatic carbocycles. The van der Waals surface area contributed by atoms with Crippen molar-refractivity contribution in [3.05, 3.63) is 42.2 Å². The van der Waals surface area contributed by atoms with Gasteiger partial charge in [0.2, 0.25) is 0 Å². The van der Waals surface area contributed by atoms with Crippen LogP contribution in [0.25, 0.3) is 10.8 Å². The Labute approximate surface area is 125 Å². The number of aromatic nitrogens is 1. The molecule has 2 rings (SSSR count). The molecule has 0 fully saturated rings. The van der Waals surface area contributed by atoms with Crippen LogP contribution in [-0.2, 0) is 11.3 Å². The van der Waals surface area contributed by atoms with E-state index in [4.69, 9.17) is 4.74 Å². The Morgan fingerprint density at radius 2 is 2.14 bits per heavy atom. The van der Waals surface area contributed by atoms with Gasteiger partial charge >= 0.3 is 0 Å². The van der Waals surface area contributed by atoms with Gasteiger partial charge in [-0.1, -0.05) is 24.3 Å². The highest BCUT2D eigenvalue weighted by atomic mass is 16.5. The van der Waals surface area contributed by atoms with Gasteiger partial charge in [0, 0.05) is 31.8 Å². The van der Waals surface area contributed by atoms with E-state index in [0.717, 1.165) is 17.0 Å². The fourth-order valence-electron chi connectivity index (χ4n) is 2.21. The minimum absolute atomic E-state index is 0.196. The number of ether oxygens (including phenoxy) is 1. The molecule has 0 aliphatic carbocycles. The summed E-state index contributed by atoms with van der Waals surface area (Å²) in [6.45, 7) is 3.31. The summed E-state index contributed by atoms with van der Waals surface area (Å²) in [5, 5.41) is 8.91. The third kappa shape index (κ3) is 4.16. The molecule has 2 aromatic rings. The molecule has 2 N–H and O–H groups in total. The highest BCUT2D eigenvalue weighted by Gasteiger charge is 2.06. The second-order valence-electron chi connectivity index (χ2n) is 4.91. The number of benzene rings is 1. The summed E-state index contributed by atoms with van der Waals surface area (Å²) in [6, 6.07) is 10.5. The lowest BCUT2D eigenvalue weighted by Crippen LogP contribution is -2.43. The molecule has 0 saturated carbocycles. The molecule has 1 unspecified atom stereocenters. The van der Waals surface area contributed by atoms with Gasteiger partial charge in [-0.15, -0.1) is 0 Å². The van der Waals surface area contributed by atoms with E-state index >= 15 is 0 Å². The Kier molecular flexibility index (Phi) is 5.51. The number of guanidine groups is 1. The molecule has 1 atom stereocenters. The molecular weight excluding hydrogens is 264 g/mol. The smallest absolute Gasteiger partial charge is 0.191 e. The zero-order valence-corrected chi connectivity index (χ0v) is 12.8. The molecule has 0 saturated heterocycles. The summed E-state index contributed by atoms with van der Waals surface area (Å²) in [5.41, 5.74) is 1.01. The van der Waals surface area contributed by atoms with Gasteiger partial charge in [0.25, 0.3) is 0 Å². The highest BCUT2D eigenvalue weighted by Crippen LogP contribution is 2.15. The molecule has 1 aromatic heterocycles. The van der Waals surface area contributed by atoms with E-state index in [1.54, 1.807) is 14.2 Å². The summed E-state index contributed by atoms with van der Waals surface area (Å²) < 4.78 is 5.11. The van der Waals surface area contributed by atoms with Gasteiger partial charge in [0.15, 0.2) is 5.96 Å². The summed E-state index contributed by atoms with van der Waals surface area (Å²) in [6.07, 6.45) is 1.84. The third-order valence-electron chi connectivity index (χ3n) is 3.20. The number of fused-ring (bicyclic) bond motifs is 1. The van der Waals surface area contributed by atoms with Crippen LogP contribution in [0, 0.1) is 0 Å².